The summed E-state index contributed by atoms with van der Waals surface area (Å²) in [6.07, 6.45) is 0. The Morgan fingerprint density at radius 1 is 1.11 bits per heavy atom. The van der Waals surface area contributed by atoms with Crippen molar-refractivity contribution in [3.63, 3.8) is 0 Å². The minimum Gasteiger partial charge on any atom is -0.508 e. The summed E-state index contributed by atoms with van der Waals surface area (Å²) in [5.41, 5.74) is 1.07. The molecule has 0 spiro atoms. The second-order valence-electron chi connectivity index (χ2n) is 3.84. The van der Waals surface area contributed by atoms with Crippen LogP contribution in [0.1, 0.15) is 20.1 Å². The number of hydrogen-bond acceptors (Lipinski definition) is 4. The summed E-state index contributed by atoms with van der Waals surface area (Å²) in [5, 5.41) is 21.2. The van der Waals surface area contributed by atoms with E-state index in [1.807, 2.05) is 18.2 Å². The number of aromatic carboxylic acids is 1. The predicted octanol–water partition coefficient (Wildman–Crippen LogP) is 2.44. The summed E-state index contributed by atoms with van der Waals surface area (Å²) in [6, 6.07) is 10.4. The van der Waals surface area contributed by atoms with Crippen LogP contribution in [0.25, 0.3) is 0 Å². The smallest absolute Gasteiger partial charge is 0.345 e. The van der Waals surface area contributed by atoms with Gasteiger partial charge in [-0.3, -0.25) is 0 Å². The molecule has 0 bridgehead atoms. The van der Waals surface area contributed by atoms with Crippen molar-refractivity contribution in [2.24, 2.45) is 0 Å². The summed E-state index contributed by atoms with van der Waals surface area (Å²) in [5.74, 6) is -0.632. The number of carbonyl (C=O) groups is 1. The Labute approximate surface area is 109 Å². The fraction of sp³-hybridized carbons (Fsp3) is 0.154. The van der Waals surface area contributed by atoms with Gasteiger partial charge in [0.25, 0.3) is 0 Å². The van der Waals surface area contributed by atoms with Crippen molar-refractivity contribution in [3.05, 3.63) is 51.7 Å². The lowest BCUT2D eigenvalue weighted by Crippen LogP contribution is -2.11. The van der Waals surface area contributed by atoms with Crippen LogP contribution in [0, 0.1) is 0 Å². The zero-order chi connectivity index (χ0) is 13.0. The van der Waals surface area contributed by atoms with E-state index >= 15 is 0 Å². The van der Waals surface area contributed by atoms with Gasteiger partial charge < -0.3 is 15.5 Å². The van der Waals surface area contributed by atoms with E-state index in [0.717, 1.165) is 10.4 Å². The van der Waals surface area contributed by atoms with Crippen LogP contribution in [-0.2, 0) is 13.1 Å². The number of thiophene rings is 1. The molecule has 0 saturated carbocycles. The Bertz CT molecular complexity index is 533. The van der Waals surface area contributed by atoms with Crippen molar-refractivity contribution in [3.8, 4) is 5.75 Å². The summed E-state index contributed by atoms with van der Waals surface area (Å²) >= 11 is 1.28. The molecule has 1 aromatic carbocycles. The normalized spacial score (nSPS) is 10.4. The fourth-order valence-electron chi connectivity index (χ4n) is 1.53. The van der Waals surface area contributed by atoms with Gasteiger partial charge in [0.1, 0.15) is 10.6 Å². The van der Waals surface area contributed by atoms with Crippen molar-refractivity contribution in [1.82, 2.24) is 5.32 Å². The molecule has 2 aromatic rings. The number of rotatable bonds is 5. The van der Waals surface area contributed by atoms with Crippen molar-refractivity contribution in [2.45, 2.75) is 13.1 Å². The maximum Gasteiger partial charge on any atom is 0.345 e. The molecule has 1 aromatic heterocycles. The Kier molecular flexibility index (Phi) is 3.96. The molecule has 0 fully saturated rings. The molecule has 18 heavy (non-hydrogen) atoms. The number of carboxylic acids is 1. The molecule has 0 unspecified atom stereocenters. The molecule has 1 heterocycles. The van der Waals surface area contributed by atoms with E-state index in [9.17, 15) is 4.79 Å². The predicted molar refractivity (Wildman–Crippen MR) is 69.9 cm³/mol. The van der Waals surface area contributed by atoms with Crippen LogP contribution >= 0.6 is 11.3 Å². The fourth-order valence-corrected chi connectivity index (χ4v) is 2.35. The lowest BCUT2D eigenvalue weighted by Gasteiger charge is -2.03. The van der Waals surface area contributed by atoms with Gasteiger partial charge in [0.2, 0.25) is 0 Å². The maximum atomic E-state index is 10.7. The minimum absolute atomic E-state index is 0.253. The third kappa shape index (κ3) is 3.32. The molecular formula is C13H13NO3S. The number of hydrogen-bond donors (Lipinski definition) is 3. The average Bonchev–Trinajstić information content (AvgIpc) is 2.81. The molecule has 5 heteroatoms. The summed E-state index contributed by atoms with van der Waals surface area (Å²) in [4.78, 5) is 12.1. The molecule has 0 aliphatic rings. The average molecular weight is 263 g/mol. The maximum absolute atomic E-state index is 10.7. The SMILES string of the molecule is O=C(O)c1ccc(CNCc2ccc(O)cc2)s1. The topological polar surface area (TPSA) is 69.6 Å². The summed E-state index contributed by atoms with van der Waals surface area (Å²) in [6.45, 7) is 1.32. The van der Waals surface area contributed by atoms with Crippen molar-refractivity contribution in [1.29, 1.82) is 0 Å². The van der Waals surface area contributed by atoms with E-state index in [1.54, 1.807) is 18.2 Å². The zero-order valence-corrected chi connectivity index (χ0v) is 10.4. The number of carboxylic acid groups (broad SMARTS) is 1. The largest absolute Gasteiger partial charge is 0.508 e. The van der Waals surface area contributed by atoms with E-state index < -0.39 is 5.97 Å². The molecule has 0 radical (unpaired) electrons. The monoisotopic (exact) mass is 263 g/mol. The Hall–Kier alpha value is -1.85. The molecule has 3 N–H and O–H groups in total. The Morgan fingerprint density at radius 2 is 1.83 bits per heavy atom. The van der Waals surface area contributed by atoms with Gasteiger partial charge in [-0.1, -0.05) is 12.1 Å². The third-order valence-electron chi connectivity index (χ3n) is 2.44. The lowest BCUT2D eigenvalue weighted by atomic mass is 10.2. The zero-order valence-electron chi connectivity index (χ0n) is 9.59. The van der Waals surface area contributed by atoms with Gasteiger partial charge in [-0.05, 0) is 29.8 Å². The van der Waals surface area contributed by atoms with Gasteiger partial charge in [-0.15, -0.1) is 11.3 Å². The first-order valence-corrected chi connectivity index (χ1v) is 6.27. The van der Waals surface area contributed by atoms with E-state index in [-0.39, 0.29) is 5.75 Å². The quantitative estimate of drug-likeness (QED) is 0.775. The van der Waals surface area contributed by atoms with Crippen molar-refractivity contribution in [2.75, 3.05) is 0 Å². The first kappa shape index (κ1) is 12.6. The van der Waals surface area contributed by atoms with Crippen LogP contribution < -0.4 is 5.32 Å². The number of benzene rings is 1. The first-order valence-electron chi connectivity index (χ1n) is 5.46. The van der Waals surface area contributed by atoms with Crippen molar-refractivity contribution >= 4 is 17.3 Å². The Balaban J connectivity index is 1.84. The molecule has 0 aliphatic carbocycles. The second-order valence-corrected chi connectivity index (χ2v) is 5.01. The van der Waals surface area contributed by atoms with Gasteiger partial charge in [0, 0.05) is 18.0 Å². The van der Waals surface area contributed by atoms with Crippen LogP contribution in [0.15, 0.2) is 36.4 Å². The highest BCUT2D eigenvalue weighted by atomic mass is 32.1. The highest BCUT2D eigenvalue weighted by Crippen LogP contribution is 2.16. The van der Waals surface area contributed by atoms with Crippen LogP contribution in [0.2, 0.25) is 0 Å². The lowest BCUT2D eigenvalue weighted by molar-refractivity contribution is 0.0702. The van der Waals surface area contributed by atoms with Crippen LogP contribution in [0.3, 0.4) is 0 Å². The molecule has 4 nitrogen and oxygen atoms in total. The van der Waals surface area contributed by atoms with Gasteiger partial charge in [-0.2, -0.15) is 0 Å². The number of phenolic OH excluding ortho intramolecular Hbond substituents is 1. The van der Waals surface area contributed by atoms with E-state index in [1.165, 1.54) is 11.3 Å². The Morgan fingerprint density at radius 3 is 2.44 bits per heavy atom. The molecule has 0 aliphatic heterocycles. The van der Waals surface area contributed by atoms with Gasteiger partial charge in [0.05, 0.1) is 0 Å². The van der Waals surface area contributed by atoms with Crippen LogP contribution in [0.5, 0.6) is 5.75 Å². The summed E-state index contributed by atoms with van der Waals surface area (Å²) in [7, 11) is 0. The van der Waals surface area contributed by atoms with Gasteiger partial charge in [-0.25, -0.2) is 4.79 Å². The molecule has 0 amide bonds. The van der Waals surface area contributed by atoms with E-state index in [4.69, 9.17) is 10.2 Å². The highest BCUT2D eigenvalue weighted by molar-refractivity contribution is 7.13. The minimum atomic E-state index is -0.884. The number of aromatic hydroxyl groups is 1. The molecule has 0 atom stereocenters. The molecule has 94 valence electrons. The van der Waals surface area contributed by atoms with Crippen LogP contribution in [-0.4, -0.2) is 16.2 Å². The second kappa shape index (κ2) is 5.66. The van der Waals surface area contributed by atoms with Crippen LogP contribution in [0.4, 0.5) is 0 Å². The third-order valence-corrected chi connectivity index (χ3v) is 3.51. The summed E-state index contributed by atoms with van der Waals surface area (Å²) < 4.78 is 0. The number of nitrogens with one attached hydrogen (secondary N) is 1. The molecular weight excluding hydrogens is 250 g/mol. The first-order chi connectivity index (χ1) is 8.65. The van der Waals surface area contributed by atoms with Crippen molar-refractivity contribution < 1.29 is 15.0 Å². The molecule has 0 saturated heterocycles. The number of phenols is 1. The van der Waals surface area contributed by atoms with E-state index in [0.29, 0.717) is 18.0 Å². The van der Waals surface area contributed by atoms with E-state index in [2.05, 4.69) is 5.32 Å². The highest BCUT2D eigenvalue weighted by Gasteiger charge is 2.06. The van der Waals surface area contributed by atoms with Gasteiger partial charge in [0.15, 0.2) is 0 Å². The standard InChI is InChI=1S/C13H13NO3S/c15-10-3-1-9(2-4-10)7-14-8-11-5-6-12(18-11)13(16)17/h1-6,14-15H,7-8H2,(H,16,17). The van der Waals surface area contributed by atoms with Gasteiger partial charge >= 0.3 is 5.97 Å². The molecule has 2 rings (SSSR count).